The molecule has 0 amide bonds. The van der Waals surface area contributed by atoms with Gasteiger partial charge in [0.2, 0.25) is 0 Å². The van der Waals surface area contributed by atoms with Crippen LogP contribution in [0.3, 0.4) is 0 Å². The molecule has 0 spiro atoms. The van der Waals surface area contributed by atoms with E-state index in [0.717, 1.165) is 30.4 Å². The average Bonchev–Trinajstić information content (AvgIpc) is 2.82. The van der Waals surface area contributed by atoms with E-state index in [0.29, 0.717) is 0 Å². The van der Waals surface area contributed by atoms with Crippen LogP contribution in [0.2, 0.25) is 0 Å². The molecular formula is C15H19NOS. The zero-order valence-electron chi connectivity index (χ0n) is 10.9. The highest BCUT2D eigenvalue weighted by Gasteiger charge is 2.02. The minimum absolute atomic E-state index is 0.811. The highest BCUT2D eigenvalue weighted by molar-refractivity contribution is 7.98. The maximum absolute atomic E-state index is 5.75. The van der Waals surface area contributed by atoms with Gasteiger partial charge in [0.05, 0.1) is 12.3 Å². The molecule has 1 aromatic carbocycles. The number of benzene rings is 1. The molecule has 0 saturated carbocycles. The third-order valence-corrected chi connectivity index (χ3v) is 3.65. The zero-order valence-corrected chi connectivity index (χ0v) is 11.7. The highest BCUT2D eigenvalue weighted by Crippen LogP contribution is 2.24. The van der Waals surface area contributed by atoms with Gasteiger partial charge >= 0.3 is 0 Å². The molecule has 2 aromatic rings. The second-order valence-electron chi connectivity index (χ2n) is 4.25. The van der Waals surface area contributed by atoms with Crippen molar-refractivity contribution in [3.8, 4) is 0 Å². The van der Waals surface area contributed by atoms with Gasteiger partial charge in [-0.3, -0.25) is 0 Å². The lowest BCUT2D eigenvalue weighted by atomic mass is 10.2. The summed E-state index contributed by atoms with van der Waals surface area (Å²) in [7, 11) is 0. The van der Waals surface area contributed by atoms with Crippen molar-refractivity contribution in [1.29, 1.82) is 0 Å². The first-order chi connectivity index (χ1) is 8.78. The summed E-state index contributed by atoms with van der Waals surface area (Å²) < 4.78 is 5.75. The van der Waals surface area contributed by atoms with Crippen molar-refractivity contribution in [2.45, 2.75) is 31.0 Å². The second kappa shape index (κ2) is 6.66. The second-order valence-corrected chi connectivity index (χ2v) is 5.30. The first-order valence-electron chi connectivity index (χ1n) is 6.25. The van der Waals surface area contributed by atoms with Crippen molar-refractivity contribution in [2.75, 3.05) is 6.54 Å². The van der Waals surface area contributed by atoms with Crippen LogP contribution in [-0.2, 0) is 12.3 Å². The van der Waals surface area contributed by atoms with E-state index in [4.69, 9.17) is 4.42 Å². The van der Waals surface area contributed by atoms with Gasteiger partial charge in [-0.1, -0.05) is 24.6 Å². The fraction of sp³-hybridized carbons (Fsp3) is 0.333. The van der Waals surface area contributed by atoms with Gasteiger partial charge in [0.1, 0.15) is 11.5 Å². The molecule has 0 fully saturated rings. The molecule has 0 bridgehead atoms. The Morgan fingerprint density at radius 3 is 2.78 bits per heavy atom. The van der Waals surface area contributed by atoms with E-state index in [9.17, 15) is 0 Å². The Morgan fingerprint density at radius 2 is 2.00 bits per heavy atom. The monoisotopic (exact) mass is 261 g/mol. The average molecular weight is 261 g/mol. The molecule has 0 atom stereocenters. The molecule has 3 heteroatoms. The van der Waals surface area contributed by atoms with E-state index < -0.39 is 0 Å². The van der Waals surface area contributed by atoms with E-state index in [-0.39, 0.29) is 0 Å². The van der Waals surface area contributed by atoms with Crippen LogP contribution in [0.15, 0.2) is 45.7 Å². The Balaban J connectivity index is 1.88. The van der Waals surface area contributed by atoms with Crippen LogP contribution >= 0.6 is 11.8 Å². The summed E-state index contributed by atoms with van der Waals surface area (Å²) in [5, 5.41) is 3.26. The van der Waals surface area contributed by atoms with Crippen LogP contribution in [0.4, 0.5) is 0 Å². The lowest BCUT2D eigenvalue weighted by Crippen LogP contribution is -2.10. The van der Waals surface area contributed by atoms with Crippen LogP contribution in [0.5, 0.6) is 0 Å². The van der Waals surface area contributed by atoms with Crippen molar-refractivity contribution in [1.82, 2.24) is 5.32 Å². The predicted molar refractivity (Wildman–Crippen MR) is 76.8 cm³/mol. The maximum atomic E-state index is 5.75. The Morgan fingerprint density at radius 1 is 1.17 bits per heavy atom. The molecule has 96 valence electrons. The Bertz CT molecular complexity index is 493. The molecule has 2 nitrogen and oxygen atoms in total. The number of aryl methyl sites for hydroxylation is 1. The number of hydrogen-bond donors (Lipinski definition) is 1. The predicted octanol–water partition coefficient (Wildman–Crippen LogP) is 3.99. The smallest absolute Gasteiger partial charge is 0.117 e. The van der Waals surface area contributed by atoms with Gasteiger partial charge < -0.3 is 9.73 Å². The van der Waals surface area contributed by atoms with Crippen LogP contribution in [0, 0.1) is 6.92 Å². The molecule has 0 aliphatic heterocycles. The van der Waals surface area contributed by atoms with E-state index in [1.807, 2.05) is 11.8 Å². The van der Waals surface area contributed by atoms with Gasteiger partial charge in [-0.05, 0) is 37.7 Å². The van der Waals surface area contributed by atoms with Gasteiger partial charge in [-0.25, -0.2) is 0 Å². The number of hydrogen-bond acceptors (Lipinski definition) is 3. The Hall–Kier alpha value is -1.19. The first kappa shape index (κ1) is 13.2. The summed E-state index contributed by atoms with van der Waals surface area (Å²) in [6.45, 7) is 5.99. The normalized spacial score (nSPS) is 10.8. The van der Waals surface area contributed by atoms with Crippen LogP contribution in [0.1, 0.15) is 24.0 Å². The number of nitrogens with one attached hydrogen (secondary N) is 1. The Labute approximate surface area is 113 Å². The lowest BCUT2D eigenvalue weighted by Gasteiger charge is -2.01. The van der Waals surface area contributed by atoms with E-state index >= 15 is 0 Å². The fourth-order valence-electron chi connectivity index (χ4n) is 1.70. The number of rotatable bonds is 6. The summed E-state index contributed by atoms with van der Waals surface area (Å²) in [5.74, 6) is 2.93. The molecule has 0 aliphatic carbocycles. The molecule has 0 aliphatic rings. The zero-order chi connectivity index (χ0) is 12.8. The van der Waals surface area contributed by atoms with Crippen molar-refractivity contribution in [3.05, 3.63) is 53.5 Å². The molecule has 1 aromatic heterocycles. The Kier molecular flexibility index (Phi) is 4.90. The minimum Gasteiger partial charge on any atom is -0.464 e. The standard InChI is InChI=1S/C15H19NOS/c1-3-16-10-13-7-8-14(17-13)11-18-15-6-4-5-12(2)9-15/h4-9,16H,3,10-11H2,1-2H3. The van der Waals surface area contributed by atoms with Crippen LogP contribution in [0.25, 0.3) is 0 Å². The first-order valence-corrected chi connectivity index (χ1v) is 7.24. The van der Waals surface area contributed by atoms with Gasteiger partial charge in [0.25, 0.3) is 0 Å². The fourth-order valence-corrected chi connectivity index (χ4v) is 2.61. The summed E-state index contributed by atoms with van der Waals surface area (Å²) >= 11 is 1.81. The minimum atomic E-state index is 0.811. The SMILES string of the molecule is CCNCc1ccc(CSc2cccc(C)c2)o1. The largest absolute Gasteiger partial charge is 0.464 e. The molecule has 18 heavy (non-hydrogen) atoms. The van der Waals surface area contributed by atoms with Gasteiger partial charge in [-0.15, -0.1) is 11.8 Å². The van der Waals surface area contributed by atoms with Gasteiger partial charge in [-0.2, -0.15) is 0 Å². The number of furan rings is 1. The van der Waals surface area contributed by atoms with E-state index in [1.54, 1.807) is 0 Å². The molecule has 0 radical (unpaired) electrons. The van der Waals surface area contributed by atoms with E-state index in [2.05, 4.69) is 55.6 Å². The molecule has 0 unspecified atom stereocenters. The third-order valence-electron chi connectivity index (χ3n) is 2.64. The molecular weight excluding hydrogens is 242 g/mol. The van der Waals surface area contributed by atoms with Crippen LogP contribution in [-0.4, -0.2) is 6.54 Å². The molecule has 1 heterocycles. The molecule has 0 saturated heterocycles. The van der Waals surface area contributed by atoms with Crippen molar-refractivity contribution < 1.29 is 4.42 Å². The van der Waals surface area contributed by atoms with Crippen molar-refractivity contribution >= 4 is 11.8 Å². The highest BCUT2D eigenvalue weighted by atomic mass is 32.2. The maximum Gasteiger partial charge on any atom is 0.117 e. The topological polar surface area (TPSA) is 25.2 Å². The summed E-state index contributed by atoms with van der Waals surface area (Å²) in [4.78, 5) is 1.29. The molecule has 1 N–H and O–H groups in total. The van der Waals surface area contributed by atoms with Crippen molar-refractivity contribution in [3.63, 3.8) is 0 Å². The van der Waals surface area contributed by atoms with Crippen molar-refractivity contribution in [2.24, 2.45) is 0 Å². The molecule has 2 rings (SSSR count). The van der Waals surface area contributed by atoms with Gasteiger partial charge in [0.15, 0.2) is 0 Å². The lowest BCUT2D eigenvalue weighted by molar-refractivity contribution is 0.463. The van der Waals surface area contributed by atoms with Gasteiger partial charge in [0, 0.05) is 4.90 Å². The quantitative estimate of drug-likeness (QED) is 0.796. The summed E-state index contributed by atoms with van der Waals surface area (Å²) in [6.07, 6.45) is 0. The summed E-state index contributed by atoms with van der Waals surface area (Å²) in [6, 6.07) is 12.7. The van der Waals surface area contributed by atoms with Crippen LogP contribution < -0.4 is 5.32 Å². The number of thioether (sulfide) groups is 1. The summed E-state index contributed by atoms with van der Waals surface area (Å²) in [5.41, 5.74) is 1.30. The van der Waals surface area contributed by atoms with E-state index in [1.165, 1.54) is 10.5 Å². The third kappa shape index (κ3) is 3.93.